The molecule has 2 aromatic rings. The first kappa shape index (κ1) is 17.5. The summed E-state index contributed by atoms with van der Waals surface area (Å²) in [6.45, 7) is -0.389. The highest BCUT2D eigenvalue weighted by atomic mass is 35.5. The molecule has 138 valence electrons. The third-order valence-electron chi connectivity index (χ3n) is 4.99. The summed E-state index contributed by atoms with van der Waals surface area (Å²) in [5.74, 6) is -0.915. The fourth-order valence-electron chi connectivity index (χ4n) is 3.77. The predicted molar refractivity (Wildman–Crippen MR) is 99.2 cm³/mol. The summed E-state index contributed by atoms with van der Waals surface area (Å²) < 4.78 is 0. The molecule has 4 rings (SSSR count). The number of nitrogens with one attached hydrogen (secondary N) is 2. The molecule has 0 radical (unpaired) electrons. The lowest BCUT2D eigenvalue weighted by Gasteiger charge is -2.33. The molecule has 4 amide bonds. The highest BCUT2D eigenvalue weighted by Crippen LogP contribution is 2.39. The Bertz CT molecular complexity index is 948. The Balaban J connectivity index is 1.56. The number of hydrogen-bond acceptors (Lipinski definition) is 4. The lowest BCUT2D eigenvalue weighted by Crippen LogP contribution is -2.47. The molecule has 2 N–H and O–H groups in total. The highest BCUT2D eigenvalue weighted by Gasteiger charge is 2.54. The van der Waals surface area contributed by atoms with Crippen molar-refractivity contribution < 1.29 is 14.4 Å². The van der Waals surface area contributed by atoms with E-state index < -0.39 is 23.4 Å². The Morgan fingerprint density at radius 2 is 2.07 bits per heavy atom. The van der Waals surface area contributed by atoms with Gasteiger partial charge in [0, 0.05) is 6.20 Å². The molecule has 1 atom stereocenters. The number of hydrogen-bond donors (Lipinski definition) is 2. The van der Waals surface area contributed by atoms with E-state index in [2.05, 4.69) is 15.6 Å². The summed E-state index contributed by atoms with van der Waals surface area (Å²) in [5, 5.41) is 5.55. The van der Waals surface area contributed by atoms with E-state index in [-0.39, 0.29) is 11.7 Å². The van der Waals surface area contributed by atoms with Crippen molar-refractivity contribution in [2.24, 2.45) is 0 Å². The second kappa shape index (κ2) is 6.66. The largest absolute Gasteiger partial charge is 0.325 e. The van der Waals surface area contributed by atoms with E-state index >= 15 is 0 Å². The fraction of sp³-hybridized carbons (Fsp3) is 0.263. The average Bonchev–Trinajstić information content (AvgIpc) is 2.89. The van der Waals surface area contributed by atoms with Crippen LogP contribution in [0.2, 0.25) is 5.15 Å². The van der Waals surface area contributed by atoms with Gasteiger partial charge in [0.2, 0.25) is 5.91 Å². The number of anilines is 1. The zero-order chi connectivity index (χ0) is 19.0. The van der Waals surface area contributed by atoms with Gasteiger partial charge in [0.05, 0.1) is 5.69 Å². The van der Waals surface area contributed by atoms with Crippen LogP contribution in [-0.4, -0.2) is 34.3 Å². The number of benzene rings is 1. The molecular formula is C19H17ClN4O3. The van der Waals surface area contributed by atoms with Gasteiger partial charge in [0.15, 0.2) is 5.15 Å². The second-order valence-corrected chi connectivity index (χ2v) is 6.99. The summed E-state index contributed by atoms with van der Waals surface area (Å²) in [6, 6.07) is 10.3. The maximum atomic E-state index is 13.1. The van der Waals surface area contributed by atoms with Gasteiger partial charge in [-0.1, -0.05) is 35.9 Å². The number of halogens is 1. The Morgan fingerprint density at radius 3 is 2.89 bits per heavy atom. The fourth-order valence-corrected chi connectivity index (χ4v) is 3.93. The van der Waals surface area contributed by atoms with Gasteiger partial charge in [-0.15, -0.1) is 0 Å². The number of carbonyl (C=O) groups excluding carboxylic acids is 3. The van der Waals surface area contributed by atoms with Crippen molar-refractivity contribution in [2.45, 2.75) is 24.8 Å². The number of imide groups is 1. The van der Waals surface area contributed by atoms with Crippen molar-refractivity contribution in [2.75, 3.05) is 11.9 Å². The number of amides is 4. The first-order chi connectivity index (χ1) is 13.0. The second-order valence-electron chi connectivity index (χ2n) is 6.63. The summed E-state index contributed by atoms with van der Waals surface area (Å²) in [7, 11) is 0. The Morgan fingerprint density at radius 1 is 1.26 bits per heavy atom. The summed E-state index contributed by atoms with van der Waals surface area (Å²) in [5.41, 5.74) is 1.10. The van der Waals surface area contributed by atoms with Crippen molar-refractivity contribution in [3.63, 3.8) is 0 Å². The molecule has 8 heteroatoms. The Kier molecular flexibility index (Phi) is 4.31. The number of urea groups is 1. The van der Waals surface area contributed by atoms with Gasteiger partial charge >= 0.3 is 6.03 Å². The van der Waals surface area contributed by atoms with Crippen LogP contribution >= 0.6 is 11.6 Å². The molecule has 0 bridgehead atoms. The Labute approximate surface area is 160 Å². The quantitative estimate of drug-likeness (QED) is 0.628. The van der Waals surface area contributed by atoms with Crippen LogP contribution in [0, 0.1) is 0 Å². The van der Waals surface area contributed by atoms with Crippen LogP contribution in [-0.2, 0) is 21.5 Å². The third-order valence-corrected chi connectivity index (χ3v) is 5.29. The van der Waals surface area contributed by atoms with E-state index in [0.717, 1.165) is 28.9 Å². The first-order valence-electron chi connectivity index (χ1n) is 8.64. The van der Waals surface area contributed by atoms with Crippen molar-refractivity contribution in [3.05, 3.63) is 58.9 Å². The van der Waals surface area contributed by atoms with E-state index in [4.69, 9.17) is 11.6 Å². The van der Waals surface area contributed by atoms with Crippen LogP contribution in [0.15, 0.2) is 42.6 Å². The molecule has 2 heterocycles. The molecule has 1 fully saturated rings. The van der Waals surface area contributed by atoms with Gasteiger partial charge in [-0.05, 0) is 42.5 Å². The molecule has 1 aromatic carbocycles. The number of carbonyl (C=O) groups is 3. The van der Waals surface area contributed by atoms with Gasteiger partial charge in [0.25, 0.3) is 5.91 Å². The van der Waals surface area contributed by atoms with E-state index in [9.17, 15) is 14.4 Å². The number of nitrogens with zero attached hydrogens (tertiary/aromatic N) is 2. The smallest absolute Gasteiger partial charge is 0.322 e. The van der Waals surface area contributed by atoms with Crippen LogP contribution in [0.25, 0.3) is 0 Å². The number of fused-ring (bicyclic) bond motifs is 2. The minimum absolute atomic E-state index is 0.140. The van der Waals surface area contributed by atoms with E-state index in [1.165, 1.54) is 6.20 Å². The molecule has 0 unspecified atom stereocenters. The topological polar surface area (TPSA) is 91.4 Å². The first-order valence-corrected chi connectivity index (χ1v) is 9.02. The normalized spacial score (nSPS) is 21.1. The molecule has 1 aliphatic heterocycles. The zero-order valence-corrected chi connectivity index (χ0v) is 15.1. The number of aromatic nitrogens is 1. The van der Waals surface area contributed by atoms with Crippen LogP contribution in [0.5, 0.6) is 0 Å². The predicted octanol–water partition coefficient (Wildman–Crippen LogP) is 2.46. The number of pyridine rings is 1. The standard InChI is InChI=1S/C19H17ClN4O3/c20-16-14(8-4-10-21-16)22-15(25)11-24-17(26)19(23-18(24)27)9-3-6-12-5-1-2-7-13(12)19/h1-2,4-5,7-8,10H,3,6,9,11H2,(H,22,25)(H,23,27)/t19-/m0/s1. The number of aryl methyl sites for hydroxylation is 1. The van der Waals surface area contributed by atoms with Crippen molar-refractivity contribution in [1.82, 2.24) is 15.2 Å². The van der Waals surface area contributed by atoms with Gasteiger partial charge in [-0.3, -0.25) is 14.5 Å². The van der Waals surface area contributed by atoms with Gasteiger partial charge < -0.3 is 10.6 Å². The average molecular weight is 385 g/mol. The highest BCUT2D eigenvalue weighted by molar-refractivity contribution is 6.32. The van der Waals surface area contributed by atoms with Crippen LogP contribution in [0.4, 0.5) is 10.5 Å². The van der Waals surface area contributed by atoms with Crippen molar-refractivity contribution >= 4 is 35.1 Å². The van der Waals surface area contributed by atoms with Gasteiger partial charge in [-0.2, -0.15) is 0 Å². The van der Waals surface area contributed by atoms with Crippen LogP contribution in [0.3, 0.4) is 0 Å². The SMILES string of the molecule is O=C(CN1C(=O)N[C@]2(CCCc3ccccc32)C1=O)Nc1cccnc1Cl. The number of rotatable bonds is 3. The monoisotopic (exact) mass is 384 g/mol. The molecule has 2 aliphatic rings. The minimum atomic E-state index is -1.09. The molecule has 1 aromatic heterocycles. The van der Waals surface area contributed by atoms with Crippen LogP contribution in [0.1, 0.15) is 24.0 Å². The van der Waals surface area contributed by atoms with Crippen molar-refractivity contribution in [1.29, 1.82) is 0 Å². The molecule has 27 heavy (non-hydrogen) atoms. The van der Waals surface area contributed by atoms with Gasteiger partial charge in [-0.25, -0.2) is 9.78 Å². The third kappa shape index (κ3) is 2.94. The molecule has 1 saturated heterocycles. The minimum Gasteiger partial charge on any atom is -0.322 e. The summed E-state index contributed by atoms with van der Waals surface area (Å²) >= 11 is 5.93. The van der Waals surface area contributed by atoms with E-state index in [0.29, 0.717) is 12.1 Å². The summed E-state index contributed by atoms with van der Waals surface area (Å²) in [4.78, 5) is 42.8. The molecular weight excluding hydrogens is 368 g/mol. The maximum Gasteiger partial charge on any atom is 0.325 e. The molecule has 7 nitrogen and oxygen atoms in total. The Hall–Kier alpha value is -2.93. The molecule has 1 spiro atoms. The van der Waals surface area contributed by atoms with Gasteiger partial charge in [0.1, 0.15) is 12.1 Å². The lowest BCUT2D eigenvalue weighted by atomic mass is 9.76. The van der Waals surface area contributed by atoms with E-state index in [1.54, 1.807) is 12.1 Å². The maximum absolute atomic E-state index is 13.1. The van der Waals surface area contributed by atoms with E-state index in [1.807, 2.05) is 24.3 Å². The lowest BCUT2D eigenvalue weighted by molar-refractivity contribution is -0.134. The molecule has 0 saturated carbocycles. The van der Waals surface area contributed by atoms with Crippen molar-refractivity contribution in [3.8, 4) is 0 Å². The summed E-state index contributed by atoms with van der Waals surface area (Å²) in [6.07, 6.45) is 3.66. The van der Waals surface area contributed by atoms with Crippen LogP contribution < -0.4 is 10.6 Å². The molecule has 1 aliphatic carbocycles. The zero-order valence-electron chi connectivity index (χ0n) is 14.4.